The Morgan fingerprint density at radius 2 is 1.62 bits per heavy atom. The number of nitrogens with zero attached hydrogens (tertiary/aromatic N) is 2. The molecule has 0 aliphatic heterocycles. The molecule has 0 fully saturated rings. The van der Waals surface area contributed by atoms with Crippen LogP contribution in [0, 0.1) is 10.1 Å². The Bertz CT molecular complexity index is 779. The van der Waals surface area contributed by atoms with Crippen molar-refractivity contribution in [1.29, 1.82) is 0 Å². The average molecular weight is 301 g/mol. The van der Waals surface area contributed by atoms with Crippen LogP contribution in [0.25, 0.3) is 22.6 Å². The van der Waals surface area contributed by atoms with Crippen LogP contribution in [-0.4, -0.2) is 10.1 Å². The second-order valence-electron chi connectivity index (χ2n) is 4.39. The van der Waals surface area contributed by atoms with E-state index < -0.39 is 4.92 Å². The Morgan fingerprint density at radius 3 is 2.24 bits per heavy atom. The minimum absolute atomic E-state index is 0.0381. The molecule has 2 aromatic carbocycles. The molecule has 0 unspecified atom stereocenters. The van der Waals surface area contributed by atoms with Crippen LogP contribution in [0.2, 0.25) is 5.02 Å². The lowest BCUT2D eigenvalue weighted by molar-refractivity contribution is -0.384. The lowest BCUT2D eigenvalue weighted by Gasteiger charge is -1.95. The molecule has 0 aliphatic carbocycles. The molecule has 0 saturated carbocycles. The molecule has 0 saturated heterocycles. The van der Waals surface area contributed by atoms with Crippen molar-refractivity contribution in [3.8, 4) is 22.6 Å². The number of rotatable bonds is 3. The number of non-ortho nitro benzene ring substituents is 1. The predicted molar refractivity (Wildman–Crippen MR) is 79.0 cm³/mol. The SMILES string of the molecule is O=[N+]([O-])c1ccc(-c2cc(-c3ccc(Cl)cc3)no2)cc1. The summed E-state index contributed by atoms with van der Waals surface area (Å²) in [5.41, 5.74) is 2.33. The maximum Gasteiger partial charge on any atom is 0.269 e. The summed E-state index contributed by atoms with van der Waals surface area (Å²) in [4.78, 5) is 10.2. The van der Waals surface area contributed by atoms with Gasteiger partial charge in [-0.2, -0.15) is 0 Å². The predicted octanol–water partition coefficient (Wildman–Crippen LogP) is 4.57. The van der Waals surface area contributed by atoms with Crippen LogP contribution in [0.3, 0.4) is 0 Å². The summed E-state index contributed by atoms with van der Waals surface area (Å²) in [7, 11) is 0. The highest BCUT2D eigenvalue weighted by Crippen LogP contribution is 2.27. The molecule has 0 N–H and O–H groups in total. The van der Waals surface area contributed by atoms with E-state index in [1.807, 2.05) is 12.1 Å². The maximum absolute atomic E-state index is 10.6. The largest absolute Gasteiger partial charge is 0.356 e. The highest BCUT2D eigenvalue weighted by atomic mass is 35.5. The van der Waals surface area contributed by atoms with Gasteiger partial charge >= 0.3 is 0 Å². The Kier molecular flexibility index (Phi) is 3.41. The summed E-state index contributed by atoms with van der Waals surface area (Å²) < 4.78 is 5.28. The number of halogens is 1. The summed E-state index contributed by atoms with van der Waals surface area (Å²) in [6.07, 6.45) is 0. The highest BCUT2D eigenvalue weighted by molar-refractivity contribution is 6.30. The third-order valence-corrected chi connectivity index (χ3v) is 3.26. The van der Waals surface area contributed by atoms with Crippen molar-refractivity contribution in [2.24, 2.45) is 0 Å². The van der Waals surface area contributed by atoms with Crippen LogP contribution in [0.1, 0.15) is 0 Å². The van der Waals surface area contributed by atoms with Crippen molar-refractivity contribution in [1.82, 2.24) is 5.16 Å². The minimum atomic E-state index is -0.441. The maximum atomic E-state index is 10.6. The fourth-order valence-corrected chi connectivity index (χ4v) is 2.04. The number of aromatic nitrogens is 1. The molecule has 0 amide bonds. The van der Waals surface area contributed by atoms with Crippen LogP contribution in [0.5, 0.6) is 0 Å². The van der Waals surface area contributed by atoms with Gasteiger partial charge in [-0.15, -0.1) is 0 Å². The smallest absolute Gasteiger partial charge is 0.269 e. The van der Waals surface area contributed by atoms with Gasteiger partial charge in [0.1, 0.15) is 5.69 Å². The Balaban J connectivity index is 1.90. The van der Waals surface area contributed by atoms with Crippen molar-refractivity contribution in [2.45, 2.75) is 0 Å². The first-order valence-corrected chi connectivity index (χ1v) is 6.49. The molecule has 0 radical (unpaired) electrons. The molecule has 5 nitrogen and oxygen atoms in total. The lowest BCUT2D eigenvalue weighted by atomic mass is 10.1. The monoisotopic (exact) mass is 300 g/mol. The van der Waals surface area contributed by atoms with E-state index in [9.17, 15) is 10.1 Å². The van der Waals surface area contributed by atoms with Gasteiger partial charge in [-0.25, -0.2) is 0 Å². The van der Waals surface area contributed by atoms with Gasteiger partial charge in [-0.3, -0.25) is 10.1 Å². The second-order valence-corrected chi connectivity index (χ2v) is 4.82. The van der Waals surface area contributed by atoms with Gasteiger partial charge in [0.25, 0.3) is 5.69 Å². The zero-order valence-electron chi connectivity index (χ0n) is 10.7. The summed E-state index contributed by atoms with van der Waals surface area (Å²) in [5, 5.41) is 15.3. The van der Waals surface area contributed by atoms with E-state index in [-0.39, 0.29) is 5.69 Å². The second kappa shape index (κ2) is 5.38. The highest BCUT2D eigenvalue weighted by Gasteiger charge is 2.10. The first-order valence-electron chi connectivity index (χ1n) is 6.11. The van der Waals surface area contributed by atoms with Gasteiger partial charge < -0.3 is 4.52 Å². The van der Waals surface area contributed by atoms with E-state index in [1.165, 1.54) is 12.1 Å². The van der Waals surface area contributed by atoms with Crippen LogP contribution in [0.15, 0.2) is 59.1 Å². The molecule has 0 atom stereocenters. The van der Waals surface area contributed by atoms with Crippen LogP contribution in [-0.2, 0) is 0 Å². The summed E-state index contributed by atoms with van der Waals surface area (Å²) in [6.45, 7) is 0. The standard InChI is InChI=1S/C15H9ClN2O3/c16-12-5-1-10(2-6-12)14-9-15(21-17-14)11-3-7-13(8-4-11)18(19)20/h1-9H. The first kappa shape index (κ1) is 13.3. The van der Waals surface area contributed by atoms with Gasteiger partial charge in [-0.05, 0) is 24.3 Å². The zero-order chi connectivity index (χ0) is 14.8. The van der Waals surface area contributed by atoms with E-state index in [4.69, 9.17) is 16.1 Å². The molecule has 3 rings (SSSR count). The quantitative estimate of drug-likeness (QED) is 0.525. The molecule has 1 heterocycles. The minimum Gasteiger partial charge on any atom is -0.356 e. The third-order valence-electron chi connectivity index (χ3n) is 3.01. The zero-order valence-corrected chi connectivity index (χ0v) is 11.4. The molecule has 6 heteroatoms. The molecule has 0 bridgehead atoms. The average Bonchev–Trinajstić information content (AvgIpc) is 2.98. The summed E-state index contributed by atoms with van der Waals surface area (Å²) >= 11 is 5.84. The Labute approximate surface area is 124 Å². The Morgan fingerprint density at radius 1 is 1.00 bits per heavy atom. The number of hydrogen-bond acceptors (Lipinski definition) is 4. The van der Waals surface area contributed by atoms with Crippen LogP contribution in [0.4, 0.5) is 5.69 Å². The fraction of sp³-hybridized carbons (Fsp3) is 0. The molecular formula is C15H9ClN2O3. The molecule has 21 heavy (non-hydrogen) atoms. The normalized spacial score (nSPS) is 10.5. The topological polar surface area (TPSA) is 69.2 Å². The van der Waals surface area contributed by atoms with Gasteiger partial charge in [0.05, 0.1) is 4.92 Å². The lowest BCUT2D eigenvalue weighted by Crippen LogP contribution is -1.86. The molecule has 104 valence electrons. The van der Waals surface area contributed by atoms with E-state index >= 15 is 0 Å². The summed E-state index contributed by atoms with van der Waals surface area (Å²) in [6, 6.07) is 15.1. The van der Waals surface area contributed by atoms with Gasteiger partial charge in [0.2, 0.25) is 0 Å². The van der Waals surface area contributed by atoms with Crippen molar-refractivity contribution >= 4 is 17.3 Å². The fourth-order valence-electron chi connectivity index (χ4n) is 1.92. The van der Waals surface area contributed by atoms with Crippen LogP contribution >= 0.6 is 11.6 Å². The van der Waals surface area contributed by atoms with Crippen molar-refractivity contribution in [3.05, 3.63) is 69.7 Å². The third kappa shape index (κ3) is 2.78. The summed E-state index contributed by atoms with van der Waals surface area (Å²) in [5.74, 6) is 0.551. The van der Waals surface area contributed by atoms with Gasteiger partial charge in [0, 0.05) is 34.3 Å². The van der Waals surface area contributed by atoms with Crippen molar-refractivity contribution < 1.29 is 9.45 Å². The molecule has 0 aliphatic rings. The van der Waals surface area contributed by atoms with E-state index in [0.29, 0.717) is 16.5 Å². The molecule has 1 aromatic heterocycles. The number of nitro groups is 1. The number of benzene rings is 2. The first-order chi connectivity index (χ1) is 10.1. The van der Waals surface area contributed by atoms with Gasteiger partial charge in [-0.1, -0.05) is 28.9 Å². The molecular weight excluding hydrogens is 292 g/mol. The molecule has 0 spiro atoms. The Hall–Kier alpha value is -2.66. The van der Waals surface area contributed by atoms with Gasteiger partial charge in [0.15, 0.2) is 5.76 Å². The van der Waals surface area contributed by atoms with E-state index in [2.05, 4.69) is 5.16 Å². The van der Waals surface area contributed by atoms with E-state index in [0.717, 1.165) is 11.1 Å². The van der Waals surface area contributed by atoms with Crippen LogP contribution < -0.4 is 0 Å². The van der Waals surface area contributed by atoms with Crippen molar-refractivity contribution in [2.75, 3.05) is 0 Å². The number of hydrogen-bond donors (Lipinski definition) is 0. The molecule has 3 aromatic rings. The van der Waals surface area contributed by atoms with E-state index in [1.54, 1.807) is 30.3 Å². The number of nitro benzene ring substituents is 1. The van der Waals surface area contributed by atoms with Crippen molar-refractivity contribution in [3.63, 3.8) is 0 Å².